The highest BCUT2D eigenvalue weighted by Gasteiger charge is 2.18. The third-order valence-corrected chi connectivity index (χ3v) is 6.84. The average Bonchev–Trinajstić information content (AvgIpc) is 2.55. The van der Waals surface area contributed by atoms with E-state index in [9.17, 15) is 4.79 Å². The van der Waals surface area contributed by atoms with Crippen LogP contribution in [-0.4, -0.2) is 11.1 Å². The molecular formula is C7H2BrIO2S2. The first-order chi connectivity index (χ1) is 6.11. The largest absolute Gasteiger partial charge is 0.477 e. The van der Waals surface area contributed by atoms with E-state index < -0.39 is 5.97 Å². The molecule has 2 rings (SSSR count). The summed E-state index contributed by atoms with van der Waals surface area (Å²) in [4.78, 5) is 11.2. The van der Waals surface area contributed by atoms with E-state index in [0.717, 1.165) is 17.4 Å². The molecule has 1 N–H and O–H groups in total. The maximum atomic E-state index is 10.8. The summed E-state index contributed by atoms with van der Waals surface area (Å²) in [5.41, 5.74) is 0. The van der Waals surface area contributed by atoms with Gasteiger partial charge in [-0.25, -0.2) is 4.79 Å². The molecule has 0 aliphatic heterocycles. The van der Waals surface area contributed by atoms with Gasteiger partial charge >= 0.3 is 5.97 Å². The number of carboxylic acids is 1. The van der Waals surface area contributed by atoms with Crippen LogP contribution in [0.15, 0.2) is 9.85 Å². The summed E-state index contributed by atoms with van der Waals surface area (Å²) in [7, 11) is 0. The average molecular weight is 389 g/mol. The van der Waals surface area contributed by atoms with Gasteiger partial charge < -0.3 is 5.11 Å². The van der Waals surface area contributed by atoms with E-state index in [0.29, 0.717) is 4.88 Å². The number of carboxylic acid groups (broad SMARTS) is 1. The van der Waals surface area contributed by atoms with Crippen LogP contribution in [0.5, 0.6) is 0 Å². The first kappa shape index (κ1) is 9.88. The van der Waals surface area contributed by atoms with Gasteiger partial charge in [0.05, 0.1) is 13.0 Å². The van der Waals surface area contributed by atoms with E-state index in [1.54, 1.807) is 11.3 Å². The summed E-state index contributed by atoms with van der Waals surface area (Å²) < 4.78 is 3.94. The lowest BCUT2D eigenvalue weighted by molar-refractivity contribution is 0.0701. The molecule has 0 aliphatic rings. The van der Waals surface area contributed by atoms with Crippen molar-refractivity contribution in [3.63, 3.8) is 0 Å². The summed E-state index contributed by atoms with van der Waals surface area (Å²) in [6.07, 6.45) is 0. The minimum atomic E-state index is -0.843. The quantitative estimate of drug-likeness (QED) is 0.749. The molecular weight excluding hydrogens is 387 g/mol. The third-order valence-electron chi connectivity index (χ3n) is 1.50. The predicted molar refractivity (Wildman–Crippen MR) is 67.1 cm³/mol. The lowest BCUT2D eigenvalue weighted by Gasteiger charge is -1.86. The van der Waals surface area contributed by atoms with E-state index in [2.05, 4.69) is 38.5 Å². The molecule has 0 amide bonds. The van der Waals surface area contributed by atoms with E-state index in [4.69, 9.17) is 5.11 Å². The lowest BCUT2D eigenvalue weighted by atomic mass is 10.4. The predicted octanol–water partition coefficient (Wildman–Crippen LogP) is 4.03. The fourth-order valence-electron chi connectivity index (χ4n) is 0.960. The second-order valence-electron chi connectivity index (χ2n) is 2.29. The molecule has 2 aromatic heterocycles. The third kappa shape index (κ3) is 1.53. The van der Waals surface area contributed by atoms with Crippen LogP contribution < -0.4 is 0 Å². The molecule has 0 saturated carbocycles. The van der Waals surface area contributed by atoms with Crippen LogP contribution in [0, 0.1) is 3.57 Å². The number of fused-ring (bicyclic) bond motifs is 1. The van der Waals surface area contributed by atoms with Crippen LogP contribution in [-0.2, 0) is 0 Å². The Morgan fingerprint density at radius 2 is 2.23 bits per heavy atom. The van der Waals surface area contributed by atoms with Crippen LogP contribution in [0.2, 0.25) is 0 Å². The molecule has 6 heteroatoms. The van der Waals surface area contributed by atoms with E-state index in [1.807, 2.05) is 5.38 Å². The van der Waals surface area contributed by atoms with Crippen LogP contribution in [0.1, 0.15) is 9.67 Å². The Hall–Kier alpha value is 0.340. The summed E-state index contributed by atoms with van der Waals surface area (Å²) in [5.74, 6) is -0.843. The number of hydrogen-bond donors (Lipinski definition) is 1. The summed E-state index contributed by atoms with van der Waals surface area (Å²) >= 11 is 8.36. The number of aromatic carboxylic acids is 1. The molecule has 0 atom stereocenters. The van der Waals surface area contributed by atoms with Crippen molar-refractivity contribution in [1.29, 1.82) is 0 Å². The molecule has 0 aromatic carbocycles. The molecule has 2 heterocycles. The van der Waals surface area contributed by atoms with Gasteiger partial charge in [0, 0.05) is 9.85 Å². The Morgan fingerprint density at radius 3 is 2.77 bits per heavy atom. The van der Waals surface area contributed by atoms with Crippen molar-refractivity contribution >= 4 is 76.6 Å². The van der Waals surface area contributed by atoms with E-state index in [1.165, 1.54) is 11.3 Å². The second kappa shape index (κ2) is 3.48. The van der Waals surface area contributed by atoms with Crippen molar-refractivity contribution in [2.45, 2.75) is 0 Å². The van der Waals surface area contributed by atoms with Gasteiger partial charge in [0.1, 0.15) is 4.88 Å². The van der Waals surface area contributed by atoms with Crippen molar-refractivity contribution in [1.82, 2.24) is 0 Å². The summed E-state index contributed by atoms with van der Waals surface area (Å²) in [6, 6.07) is 0. The summed E-state index contributed by atoms with van der Waals surface area (Å²) in [5, 5.41) is 10.9. The zero-order chi connectivity index (χ0) is 9.59. The number of hydrogen-bond acceptors (Lipinski definition) is 3. The fourth-order valence-corrected chi connectivity index (χ4v) is 5.21. The molecule has 0 aliphatic carbocycles. The maximum absolute atomic E-state index is 10.8. The molecule has 0 radical (unpaired) electrons. The first-order valence-electron chi connectivity index (χ1n) is 3.19. The Kier molecular flexibility index (Phi) is 2.65. The molecule has 0 saturated heterocycles. The number of halogens is 2. The Bertz CT molecular complexity index is 488. The minimum Gasteiger partial charge on any atom is -0.477 e. The minimum absolute atomic E-state index is 0.433. The van der Waals surface area contributed by atoms with Crippen molar-refractivity contribution in [2.24, 2.45) is 0 Å². The molecule has 0 unspecified atom stereocenters. The lowest BCUT2D eigenvalue weighted by Crippen LogP contribution is -1.93. The smallest absolute Gasteiger partial charge is 0.347 e. The van der Waals surface area contributed by atoms with Crippen molar-refractivity contribution in [3.05, 3.63) is 18.3 Å². The Labute approximate surface area is 104 Å². The molecule has 2 aromatic rings. The van der Waals surface area contributed by atoms with Gasteiger partial charge in [-0.3, -0.25) is 0 Å². The van der Waals surface area contributed by atoms with E-state index >= 15 is 0 Å². The maximum Gasteiger partial charge on any atom is 0.347 e. The Morgan fingerprint density at radius 1 is 1.54 bits per heavy atom. The number of thiophene rings is 2. The number of rotatable bonds is 1. The highest BCUT2D eigenvalue weighted by Crippen LogP contribution is 2.41. The SMILES string of the molecule is O=C(O)c1sc2c(Br)csc2c1I. The van der Waals surface area contributed by atoms with E-state index in [-0.39, 0.29) is 0 Å². The van der Waals surface area contributed by atoms with Gasteiger partial charge in [-0.2, -0.15) is 0 Å². The molecule has 0 fully saturated rings. The van der Waals surface area contributed by atoms with Crippen LogP contribution in [0.3, 0.4) is 0 Å². The Balaban J connectivity index is 2.81. The van der Waals surface area contributed by atoms with Gasteiger partial charge in [-0.15, -0.1) is 22.7 Å². The van der Waals surface area contributed by atoms with Crippen LogP contribution in [0.25, 0.3) is 9.40 Å². The fraction of sp³-hybridized carbons (Fsp3) is 0. The number of carbonyl (C=O) groups is 1. The highest BCUT2D eigenvalue weighted by atomic mass is 127. The zero-order valence-corrected chi connectivity index (χ0v) is 11.4. The monoisotopic (exact) mass is 388 g/mol. The van der Waals surface area contributed by atoms with Gasteiger partial charge in [0.2, 0.25) is 0 Å². The summed E-state index contributed by atoms with van der Waals surface area (Å²) in [6.45, 7) is 0. The standard InChI is InChI=1S/C7H2BrIO2S2/c8-2-1-12-5-3(9)6(7(10)11)13-4(2)5/h1H,(H,10,11). The van der Waals surface area contributed by atoms with Gasteiger partial charge in [0.15, 0.2) is 0 Å². The second-order valence-corrected chi connectivity index (χ2v) is 6.13. The van der Waals surface area contributed by atoms with Crippen LogP contribution in [0.4, 0.5) is 0 Å². The molecule has 68 valence electrons. The van der Waals surface area contributed by atoms with Crippen molar-refractivity contribution in [3.8, 4) is 0 Å². The zero-order valence-electron chi connectivity index (χ0n) is 6.01. The molecule has 0 spiro atoms. The van der Waals surface area contributed by atoms with Crippen molar-refractivity contribution < 1.29 is 9.90 Å². The van der Waals surface area contributed by atoms with Gasteiger partial charge in [-0.05, 0) is 38.5 Å². The van der Waals surface area contributed by atoms with Crippen LogP contribution >= 0.6 is 61.2 Å². The van der Waals surface area contributed by atoms with Crippen molar-refractivity contribution in [2.75, 3.05) is 0 Å². The molecule has 13 heavy (non-hydrogen) atoms. The normalized spacial score (nSPS) is 10.9. The topological polar surface area (TPSA) is 37.3 Å². The van der Waals surface area contributed by atoms with Gasteiger partial charge in [-0.1, -0.05) is 0 Å². The molecule has 2 nitrogen and oxygen atoms in total. The highest BCUT2D eigenvalue weighted by molar-refractivity contribution is 14.1. The molecule has 0 bridgehead atoms. The first-order valence-corrected chi connectivity index (χ1v) is 6.76. The van der Waals surface area contributed by atoms with Gasteiger partial charge in [0.25, 0.3) is 0 Å².